The lowest BCUT2D eigenvalue weighted by Crippen LogP contribution is -2.04. The molecule has 0 atom stereocenters. The van der Waals surface area contributed by atoms with E-state index in [-0.39, 0.29) is 11.1 Å². The highest BCUT2D eigenvalue weighted by molar-refractivity contribution is 5.97. The van der Waals surface area contributed by atoms with E-state index in [0.717, 1.165) is 6.07 Å². The Morgan fingerprint density at radius 1 is 1.10 bits per heavy atom. The number of carbonyl (C=O) groups is 1. The van der Waals surface area contributed by atoms with Gasteiger partial charge in [-0.15, -0.1) is 0 Å². The summed E-state index contributed by atoms with van der Waals surface area (Å²) in [6.07, 6.45) is 0. The molecular weight excluding hydrogens is 263 g/mol. The lowest BCUT2D eigenvalue weighted by atomic mass is 9.98. The van der Waals surface area contributed by atoms with Crippen molar-refractivity contribution in [2.45, 2.75) is 0 Å². The first-order chi connectivity index (χ1) is 9.58. The number of benzene rings is 2. The van der Waals surface area contributed by atoms with Crippen LogP contribution in [0.4, 0.5) is 4.39 Å². The summed E-state index contributed by atoms with van der Waals surface area (Å²) in [5.74, 6) is -1.12. The van der Waals surface area contributed by atoms with E-state index in [1.54, 1.807) is 18.2 Å². The summed E-state index contributed by atoms with van der Waals surface area (Å²) < 4.78 is 24.0. The second kappa shape index (κ2) is 5.61. The maximum Gasteiger partial charge on any atom is 0.339 e. The molecule has 5 heteroatoms. The minimum Gasteiger partial charge on any atom is -0.497 e. The number of hydrogen-bond acceptors (Lipinski definition) is 3. The predicted molar refractivity (Wildman–Crippen MR) is 71.9 cm³/mol. The molecule has 4 nitrogen and oxygen atoms in total. The van der Waals surface area contributed by atoms with Gasteiger partial charge in [0.1, 0.15) is 22.9 Å². The van der Waals surface area contributed by atoms with Crippen molar-refractivity contribution in [3.05, 3.63) is 47.8 Å². The molecule has 0 amide bonds. The Morgan fingerprint density at radius 2 is 1.85 bits per heavy atom. The lowest BCUT2D eigenvalue weighted by molar-refractivity contribution is 0.0693. The van der Waals surface area contributed by atoms with Crippen LogP contribution in [0.15, 0.2) is 36.4 Å². The Morgan fingerprint density at radius 3 is 2.45 bits per heavy atom. The highest BCUT2D eigenvalue weighted by Crippen LogP contribution is 2.35. The second-order valence-electron chi connectivity index (χ2n) is 4.03. The highest BCUT2D eigenvalue weighted by Gasteiger charge is 2.19. The van der Waals surface area contributed by atoms with Gasteiger partial charge in [0.15, 0.2) is 0 Å². The standard InChI is InChI=1S/C15H13FO4/c1-19-9-6-7-10(13(8-9)20-2)11-4-3-5-12(16)14(11)15(17)18/h3-8H,1-2H3,(H,17,18). The van der Waals surface area contributed by atoms with Gasteiger partial charge < -0.3 is 14.6 Å². The van der Waals surface area contributed by atoms with Crippen molar-refractivity contribution in [2.24, 2.45) is 0 Å². The molecule has 0 aromatic heterocycles. The smallest absolute Gasteiger partial charge is 0.339 e. The van der Waals surface area contributed by atoms with Crippen LogP contribution in [0, 0.1) is 5.82 Å². The summed E-state index contributed by atoms with van der Waals surface area (Å²) >= 11 is 0. The Kier molecular flexibility index (Phi) is 3.89. The van der Waals surface area contributed by atoms with Crippen molar-refractivity contribution < 1.29 is 23.8 Å². The summed E-state index contributed by atoms with van der Waals surface area (Å²) in [5, 5.41) is 9.17. The molecule has 0 saturated heterocycles. The molecule has 104 valence electrons. The molecule has 0 saturated carbocycles. The number of methoxy groups -OCH3 is 2. The first-order valence-corrected chi connectivity index (χ1v) is 5.82. The van der Waals surface area contributed by atoms with E-state index in [4.69, 9.17) is 14.6 Å². The molecular formula is C15H13FO4. The molecule has 0 unspecified atom stereocenters. The number of carboxylic acid groups (broad SMARTS) is 1. The second-order valence-corrected chi connectivity index (χ2v) is 4.03. The average Bonchev–Trinajstić information content (AvgIpc) is 2.45. The first-order valence-electron chi connectivity index (χ1n) is 5.82. The number of halogens is 1. The molecule has 0 fully saturated rings. The quantitative estimate of drug-likeness (QED) is 0.931. The molecule has 0 aliphatic carbocycles. The van der Waals surface area contributed by atoms with Crippen LogP contribution in [0.3, 0.4) is 0 Å². The van der Waals surface area contributed by atoms with Crippen LogP contribution >= 0.6 is 0 Å². The average molecular weight is 276 g/mol. The highest BCUT2D eigenvalue weighted by atomic mass is 19.1. The van der Waals surface area contributed by atoms with Crippen LogP contribution in [0.5, 0.6) is 11.5 Å². The van der Waals surface area contributed by atoms with Gasteiger partial charge in [0.2, 0.25) is 0 Å². The predicted octanol–water partition coefficient (Wildman–Crippen LogP) is 3.21. The van der Waals surface area contributed by atoms with Gasteiger partial charge in [-0.05, 0) is 18.2 Å². The fourth-order valence-electron chi connectivity index (χ4n) is 1.99. The minimum atomic E-state index is -1.32. The van der Waals surface area contributed by atoms with Crippen LogP contribution in [0.1, 0.15) is 10.4 Å². The molecule has 2 aromatic carbocycles. The molecule has 2 aromatic rings. The van der Waals surface area contributed by atoms with E-state index in [1.165, 1.54) is 26.4 Å². The lowest BCUT2D eigenvalue weighted by Gasteiger charge is -2.12. The van der Waals surface area contributed by atoms with Gasteiger partial charge in [0.25, 0.3) is 0 Å². The Bertz CT molecular complexity index is 652. The zero-order valence-electron chi connectivity index (χ0n) is 11.0. The molecule has 2 rings (SSSR count). The van der Waals surface area contributed by atoms with Gasteiger partial charge in [-0.1, -0.05) is 12.1 Å². The van der Waals surface area contributed by atoms with Crippen molar-refractivity contribution in [3.63, 3.8) is 0 Å². The van der Waals surface area contributed by atoms with Crippen LogP contribution in [0.2, 0.25) is 0 Å². The van der Waals surface area contributed by atoms with Crippen LogP contribution in [-0.2, 0) is 0 Å². The summed E-state index contributed by atoms with van der Waals surface area (Å²) in [7, 11) is 2.97. The van der Waals surface area contributed by atoms with Gasteiger partial charge in [0.05, 0.1) is 14.2 Å². The molecule has 0 bridgehead atoms. The van der Waals surface area contributed by atoms with Crippen molar-refractivity contribution in [3.8, 4) is 22.6 Å². The Balaban J connectivity index is 2.68. The molecule has 1 N–H and O–H groups in total. The van der Waals surface area contributed by atoms with E-state index in [0.29, 0.717) is 17.1 Å². The number of carboxylic acids is 1. The summed E-state index contributed by atoms with van der Waals surface area (Å²) in [6.45, 7) is 0. The topological polar surface area (TPSA) is 55.8 Å². The normalized spacial score (nSPS) is 10.2. The molecule has 0 aliphatic heterocycles. The Hall–Kier alpha value is -2.56. The molecule has 20 heavy (non-hydrogen) atoms. The van der Waals surface area contributed by atoms with E-state index >= 15 is 0 Å². The van der Waals surface area contributed by atoms with Crippen LogP contribution < -0.4 is 9.47 Å². The van der Waals surface area contributed by atoms with Gasteiger partial charge in [-0.3, -0.25) is 0 Å². The number of aromatic carboxylic acids is 1. The summed E-state index contributed by atoms with van der Waals surface area (Å²) in [5.41, 5.74) is 0.373. The maximum atomic E-state index is 13.7. The van der Waals surface area contributed by atoms with Crippen LogP contribution in [-0.4, -0.2) is 25.3 Å². The number of ether oxygens (including phenoxy) is 2. The molecule has 0 radical (unpaired) electrons. The van der Waals surface area contributed by atoms with E-state index in [1.807, 2.05) is 0 Å². The van der Waals surface area contributed by atoms with Gasteiger partial charge in [0, 0.05) is 17.2 Å². The largest absolute Gasteiger partial charge is 0.497 e. The van der Waals surface area contributed by atoms with Crippen molar-refractivity contribution in [1.29, 1.82) is 0 Å². The third-order valence-electron chi connectivity index (χ3n) is 2.93. The monoisotopic (exact) mass is 276 g/mol. The molecule has 0 spiro atoms. The number of hydrogen-bond donors (Lipinski definition) is 1. The maximum absolute atomic E-state index is 13.7. The van der Waals surface area contributed by atoms with E-state index in [2.05, 4.69) is 0 Å². The van der Waals surface area contributed by atoms with Gasteiger partial charge >= 0.3 is 5.97 Å². The fourth-order valence-corrected chi connectivity index (χ4v) is 1.99. The van der Waals surface area contributed by atoms with Crippen molar-refractivity contribution in [1.82, 2.24) is 0 Å². The van der Waals surface area contributed by atoms with E-state index in [9.17, 15) is 9.18 Å². The van der Waals surface area contributed by atoms with Crippen LogP contribution in [0.25, 0.3) is 11.1 Å². The zero-order chi connectivity index (χ0) is 14.7. The fraction of sp³-hybridized carbons (Fsp3) is 0.133. The number of rotatable bonds is 4. The van der Waals surface area contributed by atoms with Gasteiger partial charge in [-0.25, -0.2) is 9.18 Å². The third kappa shape index (κ3) is 2.42. The third-order valence-corrected chi connectivity index (χ3v) is 2.93. The Labute approximate surface area is 115 Å². The van der Waals surface area contributed by atoms with Crippen molar-refractivity contribution >= 4 is 5.97 Å². The van der Waals surface area contributed by atoms with Gasteiger partial charge in [-0.2, -0.15) is 0 Å². The van der Waals surface area contributed by atoms with E-state index < -0.39 is 11.8 Å². The zero-order valence-corrected chi connectivity index (χ0v) is 11.0. The summed E-state index contributed by atoms with van der Waals surface area (Å²) in [6, 6.07) is 9.03. The molecule has 0 heterocycles. The molecule has 0 aliphatic rings. The summed E-state index contributed by atoms with van der Waals surface area (Å²) in [4.78, 5) is 11.2. The minimum absolute atomic E-state index is 0.261. The van der Waals surface area contributed by atoms with Crippen molar-refractivity contribution in [2.75, 3.05) is 14.2 Å². The first kappa shape index (κ1) is 13.9. The SMILES string of the molecule is COc1ccc(-c2cccc(F)c2C(=O)O)c(OC)c1.